The molecule has 9 heteroatoms. The number of fused-ring (bicyclic) bond motifs is 1. The van der Waals surface area contributed by atoms with Crippen LogP contribution in [0.3, 0.4) is 0 Å². The van der Waals surface area contributed by atoms with Crippen LogP contribution in [0.5, 0.6) is 5.75 Å². The van der Waals surface area contributed by atoms with Crippen LogP contribution in [0.15, 0.2) is 41.0 Å². The van der Waals surface area contributed by atoms with Gasteiger partial charge in [0.2, 0.25) is 0 Å². The average Bonchev–Trinajstić information content (AvgIpc) is 2.89. The van der Waals surface area contributed by atoms with Crippen LogP contribution in [0.25, 0.3) is 11.0 Å². The first-order valence-corrected chi connectivity index (χ1v) is 6.52. The summed E-state index contributed by atoms with van der Waals surface area (Å²) in [6.07, 6.45) is 3.01. The van der Waals surface area contributed by atoms with Gasteiger partial charge in [0.1, 0.15) is 12.1 Å². The molecule has 2 aromatic heterocycles. The zero-order valence-electron chi connectivity index (χ0n) is 10.5. The van der Waals surface area contributed by atoms with Crippen molar-refractivity contribution in [3.05, 3.63) is 36.3 Å². The van der Waals surface area contributed by atoms with Crippen molar-refractivity contribution in [1.29, 1.82) is 0 Å². The molecule has 3 rings (SSSR count). The van der Waals surface area contributed by atoms with Crippen molar-refractivity contribution in [3.63, 3.8) is 0 Å². The molecule has 0 aliphatic rings. The van der Waals surface area contributed by atoms with Gasteiger partial charge in [-0.15, -0.1) is 10.2 Å². The second kappa shape index (κ2) is 5.21. The highest BCUT2D eigenvalue weighted by Crippen LogP contribution is 2.31. The van der Waals surface area contributed by atoms with Gasteiger partial charge in [-0.1, -0.05) is 0 Å². The summed E-state index contributed by atoms with van der Waals surface area (Å²) in [6, 6.07) is 4.22. The quantitative estimate of drug-likeness (QED) is 0.717. The third-order valence-corrected chi connectivity index (χ3v) is 3.38. The molecule has 2 heterocycles. The Morgan fingerprint density at radius 3 is 3.00 bits per heavy atom. The third kappa shape index (κ3) is 2.54. The van der Waals surface area contributed by atoms with E-state index in [4.69, 9.17) is 5.73 Å². The number of hydrogen-bond acceptors (Lipinski definition) is 8. The Kier molecular flexibility index (Phi) is 3.24. The molecule has 0 saturated heterocycles. The summed E-state index contributed by atoms with van der Waals surface area (Å²) in [7, 11) is 0. The number of carbonyl (C=O) groups excluding carboxylic acids is 1. The summed E-state index contributed by atoms with van der Waals surface area (Å²) in [5.74, 6) is -0.931. The summed E-state index contributed by atoms with van der Waals surface area (Å²) in [5.41, 5.74) is 6.08. The zero-order valence-corrected chi connectivity index (χ0v) is 11.3. The number of nitrogens with two attached hydrogens (primary N) is 1. The standard InChI is InChI=1S/C12H8N6O2S/c13-10(20)7-3-6(1-2-9(7)19)16-17-12-8-4-14-5-15-11(8)18-21-12/h1-5,19H,(H2,13,20)/b17-16+. The Morgan fingerprint density at radius 2 is 2.19 bits per heavy atom. The first kappa shape index (κ1) is 13.1. The molecule has 0 unspecified atom stereocenters. The second-order valence-corrected chi connectivity index (χ2v) is 4.77. The summed E-state index contributed by atoms with van der Waals surface area (Å²) >= 11 is 1.14. The maximum Gasteiger partial charge on any atom is 0.252 e. The molecule has 3 N–H and O–H groups in total. The molecule has 104 valence electrons. The Hall–Kier alpha value is -2.94. The predicted octanol–water partition coefficient (Wildman–Crippen LogP) is 2.31. The Balaban J connectivity index is 1.96. The first-order chi connectivity index (χ1) is 10.1. The van der Waals surface area contributed by atoms with Gasteiger partial charge in [-0.05, 0) is 29.7 Å². The van der Waals surface area contributed by atoms with E-state index in [9.17, 15) is 9.90 Å². The average molecular weight is 300 g/mol. The van der Waals surface area contributed by atoms with Crippen LogP contribution in [-0.4, -0.2) is 25.4 Å². The topological polar surface area (TPSA) is 127 Å². The van der Waals surface area contributed by atoms with Gasteiger partial charge in [0.15, 0.2) is 10.6 Å². The van der Waals surface area contributed by atoms with E-state index in [1.54, 1.807) is 6.20 Å². The van der Waals surface area contributed by atoms with Crippen LogP contribution in [0.2, 0.25) is 0 Å². The van der Waals surface area contributed by atoms with E-state index in [1.807, 2.05) is 0 Å². The van der Waals surface area contributed by atoms with E-state index in [-0.39, 0.29) is 11.3 Å². The molecule has 0 bridgehead atoms. The fourth-order valence-electron chi connectivity index (χ4n) is 1.64. The molecule has 0 aliphatic carbocycles. The minimum absolute atomic E-state index is 0.0102. The van der Waals surface area contributed by atoms with Crippen molar-refractivity contribution in [2.75, 3.05) is 0 Å². The fraction of sp³-hybridized carbons (Fsp3) is 0. The highest BCUT2D eigenvalue weighted by molar-refractivity contribution is 7.11. The van der Waals surface area contributed by atoms with E-state index in [0.717, 1.165) is 11.5 Å². The summed E-state index contributed by atoms with van der Waals surface area (Å²) in [5, 5.41) is 18.8. The lowest BCUT2D eigenvalue weighted by molar-refractivity contribution is 0.0998. The molecule has 0 radical (unpaired) electrons. The van der Waals surface area contributed by atoms with E-state index in [1.165, 1.54) is 24.5 Å². The molecular formula is C12H8N6O2S. The molecule has 0 aliphatic heterocycles. The van der Waals surface area contributed by atoms with Crippen LogP contribution in [0.1, 0.15) is 10.4 Å². The number of phenols is 1. The van der Waals surface area contributed by atoms with Gasteiger partial charge in [-0.3, -0.25) is 4.79 Å². The number of carbonyl (C=O) groups is 1. The van der Waals surface area contributed by atoms with Crippen molar-refractivity contribution >= 4 is 39.2 Å². The van der Waals surface area contributed by atoms with Crippen LogP contribution in [0, 0.1) is 0 Å². The SMILES string of the molecule is NC(=O)c1cc(/N=N/c2snc3ncncc23)ccc1O. The van der Waals surface area contributed by atoms with Gasteiger partial charge in [-0.25, -0.2) is 9.97 Å². The number of aromatic hydroxyl groups is 1. The number of hydrogen-bond donors (Lipinski definition) is 2. The third-order valence-electron chi connectivity index (χ3n) is 2.64. The highest BCUT2D eigenvalue weighted by atomic mass is 32.1. The van der Waals surface area contributed by atoms with Crippen LogP contribution >= 0.6 is 11.5 Å². The van der Waals surface area contributed by atoms with Gasteiger partial charge < -0.3 is 10.8 Å². The lowest BCUT2D eigenvalue weighted by atomic mass is 10.2. The minimum atomic E-state index is -0.735. The summed E-state index contributed by atoms with van der Waals surface area (Å²) < 4.78 is 4.11. The number of nitrogens with zero attached hydrogens (tertiary/aromatic N) is 5. The monoisotopic (exact) mass is 300 g/mol. The largest absolute Gasteiger partial charge is 0.507 e. The molecule has 3 aromatic rings. The van der Waals surface area contributed by atoms with Gasteiger partial charge in [0, 0.05) is 6.20 Å². The predicted molar refractivity (Wildman–Crippen MR) is 76.0 cm³/mol. The Labute approximate surface area is 122 Å². The van der Waals surface area contributed by atoms with E-state index in [2.05, 4.69) is 24.6 Å². The number of azo groups is 1. The van der Waals surface area contributed by atoms with Crippen molar-refractivity contribution in [3.8, 4) is 5.75 Å². The molecule has 0 fully saturated rings. The highest BCUT2D eigenvalue weighted by Gasteiger charge is 2.09. The van der Waals surface area contributed by atoms with E-state index >= 15 is 0 Å². The Morgan fingerprint density at radius 1 is 1.33 bits per heavy atom. The fourth-order valence-corrected chi connectivity index (χ4v) is 2.28. The van der Waals surface area contributed by atoms with Gasteiger partial charge in [0.25, 0.3) is 5.91 Å². The zero-order chi connectivity index (χ0) is 14.8. The number of benzene rings is 1. The normalized spacial score (nSPS) is 11.2. The molecule has 0 spiro atoms. The number of aromatic nitrogens is 3. The lowest BCUT2D eigenvalue weighted by Gasteiger charge is -2.00. The van der Waals surface area contributed by atoms with Gasteiger partial charge >= 0.3 is 0 Å². The number of rotatable bonds is 3. The van der Waals surface area contributed by atoms with Crippen molar-refractivity contribution in [2.45, 2.75) is 0 Å². The van der Waals surface area contributed by atoms with Gasteiger partial charge in [-0.2, -0.15) is 4.37 Å². The number of amides is 1. The molecule has 0 saturated carbocycles. The van der Waals surface area contributed by atoms with Crippen molar-refractivity contribution < 1.29 is 9.90 Å². The van der Waals surface area contributed by atoms with Crippen molar-refractivity contribution in [2.24, 2.45) is 16.0 Å². The first-order valence-electron chi connectivity index (χ1n) is 5.75. The molecule has 1 amide bonds. The van der Waals surface area contributed by atoms with Crippen molar-refractivity contribution in [1.82, 2.24) is 14.3 Å². The van der Waals surface area contributed by atoms with Crippen LogP contribution in [-0.2, 0) is 0 Å². The maximum atomic E-state index is 11.1. The second-order valence-electron chi connectivity index (χ2n) is 4.01. The van der Waals surface area contributed by atoms with Gasteiger partial charge in [0.05, 0.1) is 16.6 Å². The smallest absolute Gasteiger partial charge is 0.252 e. The van der Waals surface area contributed by atoms with E-state index < -0.39 is 5.91 Å². The molecule has 0 atom stereocenters. The molecule has 21 heavy (non-hydrogen) atoms. The number of primary amides is 1. The van der Waals surface area contributed by atoms with Crippen LogP contribution < -0.4 is 5.73 Å². The minimum Gasteiger partial charge on any atom is -0.507 e. The molecule has 1 aromatic carbocycles. The van der Waals surface area contributed by atoms with Crippen LogP contribution in [0.4, 0.5) is 10.7 Å². The lowest BCUT2D eigenvalue weighted by Crippen LogP contribution is -2.10. The molecular weight excluding hydrogens is 292 g/mol. The van der Waals surface area contributed by atoms with E-state index in [0.29, 0.717) is 21.7 Å². The summed E-state index contributed by atoms with van der Waals surface area (Å²) in [6.45, 7) is 0. The maximum absolute atomic E-state index is 11.1. The summed E-state index contributed by atoms with van der Waals surface area (Å²) in [4.78, 5) is 19.1. The Bertz CT molecular complexity index is 860. The molecule has 8 nitrogen and oxygen atoms in total.